The molecule has 37 heavy (non-hydrogen) atoms. The van der Waals surface area contributed by atoms with E-state index >= 15 is 0 Å². The summed E-state index contributed by atoms with van der Waals surface area (Å²) in [5.41, 5.74) is 8.65. The highest BCUT2D eigenvalue weighted by Gasteiger charge is 2.36. The largest absolute Gasteiger partial charge is 0.399 e. The highest BCUT2D eigenvalue weighted by molar-refractivity contribution is 7.89. The van der Waals surface area contributed by atoms with Crippen LogP contribution in [0.3, 0.4) is 0 Å². The molecular formula is C28H32N4O4S. The SMILES string of the molecule is Nc1ccc2c(c1)CCN(C(=O)CNS(=O)(=O)c1ccc3ccccc3c1)C(C(=O)N1CCCCC1)C2. The second-order valence-electron chi connectivity index (χ2n) is 9.80. The molecule has 3 aromatic carbocycles. The van der Waals surface area contributed by atoms with Gasteiger partial charge in [-0.1, -0.05) is 36.4 Å². The first kappa shape index (κ1) is 25.2. The van der Waals surface area contributed by atoms with Gasteiger partial charge < -0.3 is 15.5 Å². The maximum atomic E-state index is 13.6. The summed E-state index contributed by atoms with van der Waals surface area (Å²) in [5.74, 6) is -0.490. The zero-order valence-electron chi connectivity index (χ0n) is 20.7. The van der Waals surface area contributed by atoms with Gasteiger partial charge in [-0.3, -0.25) is 9.59 Å². The number of nitrogens with zero attached hydrogens (tertiary/aromatic N) is 2. The van der Waals surface area contributed by atoms with Crippen molar-refractivity contribution in [3.8, 4) is 0 Å². The summed E-state index contributed by atoms with van der Waals surface area (Å²) in [5, 5.41) is 1.73. The Bertz CT molecular complexity index is 1430. The van der Waals surface area contributed by atoms with E-state index in [0.29, 0.717) is 38.2 Å². The molecule has 5 rings (SSSR count). The maximum absolute atomic E-state index is 13.6. The fraction of sp³-hybridized carbons (Fsp3) is 0.357. The molecule has 2 heterocycles. The molecule has 0 aromatic heterocycles. The van der Waals surface area contributed by atoms with Gasteiger partial charge in [-0.15, -0.1) is 0 Å². The van der Waals surface area contributed by atoms with Crippen LogP contribution in [-0.4, -0.2) is 62.3 Å². The Morgan fingerprint density at radius 1 is 0.892 bits per heavy atom. The highest BCUT2D eigenvalue weighted by Crippen LogP contribution is 2.25. The third kappa shape index (κ3) is 5.47. The predicted molar refractivity (Wildman–Crippen MR) is 143 cm³/mol. The van der Waals surface area contributed by atoms with E-state index in [4.69, 9.17) is 5.73 Å². The summed E-state index contributed by atoms with van der Waals surface area (Å²) in [6.45, 7) is 1.26. The predicted octanol–water partition coefficient (Wildman–Crippen LogP) is 2.71. The first-order valence-corrected chi connectivity index (χ1v) is 14.2. The smallest absolute Gasteiger partial charge is 0.245 e. The molecule has 0 saturated carbocycles. The summed E-state index contributed by atoms with van der Waals surface area (Å²) in [7, 11) is -3.92. The average Bonchev–Trinajstić information content (AvgIpc) is 3.11. The molecule has 3 N–H and O–H groups in total. The van der Waals surface area contributed by atoms with E-state index in [1.807, 2.05) is 47.4 Å². The molecule has 0 bridgehead atoms. The fourth-order valence-electron chi connectivity index (χ4n) is 5.31. The number of nitrogens with one attached hydrogen (secondary N) is 1. The molecule has 9 heteroatoms. The van der Waals surface area contributed by atoms with Crippen LogP contribution in [-0.2, 0) is 32.5 Å². The molecule has 2 aliphatic heterocycles. The number of nitrogen functional groups attached to an aromatic ring is 1. The van der Waals surface area contributed by atoms with Gasteiger partial charge in [0.25, 0.3) is 0 Å². The van der Waals surface area contributed by atoms with Gasteiger partial charge in [-0.25, -0.2) is 13.1 Å². The Kier molecular flexibility index (Phi) is 7.17. The third-order valence-corrected chi connectivity index (χ3v) is 8.76. The number of rotatable bonds is 5. The van der Waals surface area contributed by atoms with E-state index in [9.17, 15) is 18.0 Å². The van der Waals surface area contributed by atoms with Crippen molar-refractivity contribution in [1.82, 2.24) is 14.5 Å². The minimum Gasteiger partial charge on any atom is -0.399 e. The summed E-state index contributed by atoms with van der Waals surface area (Å²) < 4.78 is 28.5. The normalized spacial score (nSPS) is 18.3. The number of hydrogen-bond acceptors (Lipinski definition) is 5. The maximum Gasteiger partial charge on any atom is 0.245 e. The monoisotopic (exact) mass is 520 g/mol. The zero-order valence-corrected chi connectivity index (χ0v) is 21.5. The van der Waals surface area contributed by atoms with E-state index in [0.717, 1.165) is 41.2 Å². The van der Waals surface area contributed by atoms with Gasteiger partial charge >= 0.3 is 0 Å². The number of hydrogen-bond donors (Lipinski definition) is 2. The zero-order chi connectivity index (χ0) is 26.0. The Morgan fingerprint density at radius 3 is 2.43 bits per heavy atom. The Morgan fingerprint density at radius 2 is 1.65 bits per heavy atom. The van der Waals surface area contributed by atoms with E-state index in [1.54, 1.807) is 17.0 Å². The molecule has 1 unspecified atom stereocenters. The number of sulfonamides is 1. The van der Waals surface area contributed by atoms with E-state index in [-0.39, 0.29) is 10.8 Å². The molecule has 194 valence electrons. The summed E-state index contributed by atoms with van der Waals surface area (Å²) in [6, 6.07) is 17.3. The highest BCUT2D eigenvalue weighted by atomic mass is 32.2. The van der Waals surface area contributed by atoms with Crippen LogP contribution in [0.5, 0.6) is 0 Å². The van der Waals surface area contributed by atoms with Gasteiger partial charge in [0.2, 0.25) is 21.8 Å². The number of benzene rings is 3. The molecule has 1 fully saturated rings. The standard InChI is InChI=1S/C28H32N4O4S/c29-24-10-8-22-18-26(28(34)31-13-4-1-5-14-31)32(15-12-23(22)16-24)27(33)19-30-37(35,36)25-11-9-20-6-2-3-7-21(20)17-25/h2-3,6-11,16-17,26,30H,1,4-5,12-15,18-19,29H2. The number of carbonyl (C=O) groups is 2. The lowest BCUT2D eigenvalue weighted by Crippen LogP contribution is -2.54. The Balaban J connectivity index is 1.36. The van der Waals surface area contributed by atoms with Crippen LogP contribution in [0.15, 0.2) is 65.6 Å². The minimum atomic E-state index is -3.92. The van der Waals surface area contributed by atoms with Crippen LogP contribution in [0.25, 0.3) is 10.8 Å². The van der Waals surface area contributed by atoms with Crippen LogP contribution < -0.4 is 10.5 Å². The fourth-order valence-corrected chi connectivity index (χ4v) is 6.32. The number of likely N-dealkylation sites (tertiary alicyclic amines) is 1. The number of piperidine rings is 1. The number of amides is 2. The molecular weight excluding hydrogens is 488 g/mol. The average molecular weight is 521 g/mol. The van der Waals surface area contributed by atoms with Gasteiger partial charge in [-0.05, 0) is 71.8 Å². The number of carbonyl (C=O) groups excluding carboxylic acids is 2. The number of fused-ring (bicyclic) bond motifs is 2. The topological polar surface area (TPSA) is 113 Å². The molecule has 1 atom stereocenters. The first-order chi connectivity index (χ1) is 17.8. The first-order valence-electron chi connectivity index (χ1n) is 12.8. The van der Waals surface area contributed by atoms with Gasteiger partial charge in [-0.2, -0.15) is 0 Å². The third-order valence-electron chi connectivity index (χ3n) is 7.36. The van der Waals surface area contributed by atoms with Crippen molar-refractivity contribution >= 4 is 38.3 Å². The van der Waals surface area contributed by atoms with Gasteiger partial charge in [0, 0.05) is 31.7 Å². The van der Waals surface area contributed by atoms with Crippen LogP contribution >= 0.6 is 0 Å². The van der Waals surface area contributed by atoms with Crippen molar-refractivity contribution in [2.24, 2.45) is 0 Å². The minimum absolute atomic E-state index is 0.0740. The Labute approximate surface area is 217 Å². The summed E-state index contributed by atoms with van der Waals surface area (Å²) in [4.78, 5) is 30.6. The second-order valence-corrected chi connectivity index (χ2v) is 11.6. The van der Waals surface area contributed by atoms with Crippen molar-refractivity contribution in [2.45, 2.75) is 43.0 Å². The quantitative estimate of drug-likeness (QED) is 0.503. The van der Waals surface area contributed by atoms with Gasteiger partial charge in [0.15, 0.2) is 0 Å². The molecule has 2 aliphatic rings. The second kappa shape index (κ2) is 10.5. The van der Waals surface area contributed by atoms with Gasteiger partial charge in [0.1, 0.15) is 6.04 Å². The van der Waals surface area contributed by atoms with Crippen molar-refractivity contribution in [3.05, 3.63) is 71.8 Å². The molecule has 0 radical (unpaired) electrons. The lowest BCUT2D eigenvalue weighted by Gasteiger charge is -2.35. The van der Waals surface area contributed by atoms with Crippen molar-refractivity contribution in [1.29, 1.82) is 0 Å². The Hall–Kier alpha value is -3.43. The summed E-state index contributed by atoms with van der Waals surface area (Å²) in [6.07, 6.45) is 3.92. The van der Waals surface area contributed by atoms with Crippen molar-refractivity contribution < 1.29 is 18.0 Å². The molecule has 0 spiro atoms. The van der Waals surface area contributed by atoms with Crippen molar-refractivity contribution in [2.75, 3.05) is 31.9 Å². The lowest BCUT2D eigenvalue weighted by atomic mass is 9.98. The van der Waals surface area contributed by atoms with Crippen LogP contribution in [0.2, 0.25) is 0 Å². The van der Waals surface area contributed by atoms with Crippen LogP contribution in [0, 0.1) is 0 Å². The molecule has 2 amide bonds. The van der Waals surface area contributed by atoms with Gasteiger partial charge in [0.05, 0.1) is 11.4 Å². The van der Waals surface area contributed by atoms with E-state index in [2.05, 4.69) is 4.72 Å². The van der Waals surface area contributed by atoms with Crippen LogP contribution in [0.1, 0.15) is 30.4 Å². The number of nitrogens with two attached hydrogens (primary N) is 1. The summed E-state index contributed by atoms with van der Waals surface area (Å²) >= 11 is 0. The molecule has 0 aliphatic carbocycles. The molecule has 3 aromatic rings. The lowest BCUT2D eigenvalue weighted by molar-refractivity contribution is -0.145. The molecule has 8 nitrogen and oxygen atoms in total. The van der Waals surface area contributed by atoms with E-state index in [1.165, 1.54) is 6.07 Å². The van der Waals surface area contributed by atoms with Crippen LogP contribution in [0.4, 0.5) is 5.69 Å². The van der Waals surface area contributed by atoms with E-state index < -0.39 is 28.5 Å². The number of anilines is 1. The van der Waals surface area contributed by atoms with Crippen molar-refractivity contribution in [3.63, 3.8) is 0 Å². The molecule has 1 saturated heterocycles.